The van der Waals surface area contributed by atoms with E-state index in [0.717, 1.165) is 24.3 Å². The number of hydrogen-bond donors (Lipinski definition) is 9. The molecule has 2 heterocycles. The molecule has 0 spiro atoms. The number of phenols is 5. The molecule has 0 saturated carbocycles. The van der Waals surface area contributed by atoms with Gasteiger partial charge in [0.15, 0.2) is 22.7 Å². The summed E-state index contributed by atoms with van der Waals surface area (Å²) in [6, 6.07) is 3.89. The van der Waals surface area contributed by atoms with Gasteiger partial charge in [0, 0.05) is 17.7 Å². The van der Waals surface area contributed by atoms with Crippen LogP contribution in [-0.4, -0.2) is 77.0 Å². The highest BCUT2D eigenvalue weighted by Gasteiger charge is 2.46. The molecular formula is C21H20O12. The summed E-state index contributed by atoms with van der Waals surface area (Å²) in [5.41, 5.74) is -1.60. The molecule has 1 aromatic heterocycles. The largest absolute Gasteiger partial charge is 0.507 e. The van der Waals surface area contributed by atoms with Gasteiger partial charge < -0.3 is 55.1 Å². The summed E-state index contributed by atoms with van der Waals surface area (Å²) in [7, 11) is 0. The van der Waals surface area contributed by atoms with E-state index in [1.54, 1.807) is 0 Å². The van der Waals surface area contributed by atoms with Crippen molar-refractivity contribution >= 4 is 11.0 Å². The predicted octanol–water partition coefficient (Wildman–Crippen LogP) is -0.497. The van der Waals surface area contributed by atoms with Crippen molar-refractivity contribution in [3.8, 4) is 40.1 Å². The lowest BCUT2D eigenvalue weighted by Gasteiger charge is -2.40. The number of rotatable bonds is 3. The molecule has 1 aliphatic rings. The second-order valence-electron chi connectivity index (χ2n) is 7.62. The first-order valence-corrected chi connectivity index (χ1v) is 9.63. The fourth-order valence-electron chi connectivity index (χ4n) is 3.81. The summed E-state index contributed by atoms with van der Waals surface area (Å²) >= 11 is 0. The summed E-state index contributed by atoms with van der Waals surface area (Å²) in [6.45, 7) is -0.742. The van der Waals surface area contributed by atoms with Crippen molar-refractivity contribution in [2.24, 2.45) is 0 Å². The maximum absolute atomic E-state index is 12.8. The molecule has 0 bridgehead atoms. The summed E-state index contributed by atoms with van der Waals surface area (Å²) in [4.78, 5) is 12.8. The average Bonchev–Trinajstić information content (AvgIpc) is 2.76. The molecule has 33 heavy (non-hydrogen) atoms. The number of fused-ring (bicyclic) bond motifs is 1. The Kier molecular flexibility index (Phi) is 5.56. The minimum atomic E-state index is -1.83. The highest BCUT2D eigenvalue weighted by molar-refractivity contribution is 5.88. The quantitative estimate of drug-likeness (QED) is 0.224. The molecule has 3 aromatic rings. The number of hydrogen-bond acceptors (Lipinski definition) is 12. The van der Waals surface area contributed by atoms with Gasteiger partial charge >= 0.3 is 0 Å². The molecule has 1 fully saturated rings. The maximum Gasteiger partial charge on any atom is 0.200 e. The Morgan fingerprint density at radius 2 is 1.42 bits per heavy atom. The van der Waals surface area contributed by atoms with Crippen LogP contribution in [0.2, 0.25) is 0 Å². The van der Waals surface area contributed by atoms with Crippen LogP contribution in [0.3, 0.4) is 0 Å². The molecule has 1 saturated heterocycles. The van der Waals surface area contributed by atoms with E-state index < -0.39 is 82.3 Å². The third-order valence-corrected chi connectivity index (χ3v) is 5.54. The molecule has 0 radical (unpaired) electrons. The number of aliphatic hydroxyl groups is 4. The minimum Gasteiger partial charge on any atom is -0.507 e. The lowest BCUT2D eigenvalue weighted by atomic mass is 9.89. The molecule has 0 aliphatic carbocycles. The molecular weight excluding hydrogens is 444 g/mol. The molecule has 1 aliphatic heterocycles. The van der Waals surface area contributed by atoms with E-state index in [9.17, 15) is 50.8 Å². The summed E-state index contributed by atoms with van der Waals surface area (Å²) in [6.07, 6.45) is -8.22. The van der Waals surface area contributed by atoms with Crippen LogP contribution in [0.15, 0.2) is 33.5 Å². The van der Waals surface area contributed by atoms with Gasteiger partial charge in [-0.05, 0) is 12.1 Å². The Balaban J connectivity index is 1.87. The first-order valence-electron chi connectivity index (χ1n) is 9.63. The number of benzene rings is 2. The van der Waals surface area contributed by atoms with E-state index in [1.165, 1.54) is 0 Å². The maximum atomic E-state index is 12.8. The minimum absolute atomic E-state index is 0.00112. The fourth-order valence-corrected chi connectivity index (χ4v) is 3.81. The van der Waals surface area contributed by atoms with Gasteiger partial charge in [-0.15, -0.1) is 0 Å². The molecule has 9 N–H and O–H groups in total. The molecule has 5 atom stereocenters. The third kappa shape index (κ3) is 3.59. The van der Waals surface area contributed by atoms with Gasteiger partial charge in [-0.25, -0.2) is 0 Å². The van der Waals surface area contributed by atoms with E-state index >= 15 is 0 Å². The van der Waals surface area contributed by atoms with Crippen LogP contribution in [0.4, 0.5) is 0 Å². The Labute approximate surface area is 184 Å². The molecule has 176 valence electrons. The van der Waals surface area contributed by atoms with Crippen molar-refractivity contribution in [1.29, 1.82) is 0 Å². The van der Waals surface area contributed by atoms with Crippen molar-refractivity contribution in [1.82, 2.24) is 0 Å². The first kappa shape index (κ1) is 22.6. The van der Waals surface area contributed by atoms with Gasteiger partial charge in [-0.1, -0.05) is 0 Å². The highest BCUT2D eigenvalue weighted by atomic mass is 16.5. The molecule has 12 nitrogen and oxygen atoms in total. The van der Waals surface area contributed by atoms with Crippen LogP contribution in [-0.2, 0) is 4.74 Å². The van der Waals surface area contributed by atoms with Crippen molar-refractivity contribution in [2.45, 2.75) is 30.5 Å². The second-order valence-corrected chi connectivity index (χ2v) is 7.62. The fraction of sp³-hybridized carbons (Fsp3) is 0.286. The molecule has 0 unspecified atom stereocenters. The van der Waals surface area contributed by atoms with E-state index in [1.807, 2.05) is 0 Å². The zero-order valence-corrected chi connectivity index (χ0v) is 16.7. The zero-order chi connectivity index (χ0) is 24.2. The lowest BCUT2D eigenvalue weighted by Crippen LogP contribution is -2.55. The number of ether oxygens (including phenoxy) is 1. The summed E-state index contributed by atoms with van der Waals surface area (Å²) in [5, 5.41) is 89.4. The first-order chi connectivity index (χ1) is 15.5. The van der Waals surface area contributed by atoms with Crippen molar-refractivity contribution in [3.63, 3.8) is 0 Å². The molecule has 2 aromatic carbocycles. The lowest BCUT2D eigenvalue weighted by molar-refractivity contribution is -0.232. The van der Waals surface area contributed by atoms with Gasteiger partial charge in [0.1, 0.15) is 58.7 Å². The van der Waals surface area contributed by atoms with Crippen molar-refractivity contribution < 1.29 is 55.1 Å². The third-order valence-electron chi connectivity index (χ3n) is 5.54. The van der Waals surface area contributed by atoms with Crippen LogP contribution >= 0.6 is 0 Å². The smallest absolute Gasteiger partial charge is 0.200 e. The number of aliphatic hydroxyl groups excluding tert-OH is 4. The standard InChI is InChI=1S/C21H20O12/c22-5-13-17(28)19(30)20(31)21(33-13)15-8(24)4-12-14(18(15)29)7(23)3-11(32-12)6-1-9(25)16(27)10(26)2-6/h1-4,13,17,19-22,24-31H,5H2/t13-,17-,19+,20+,21+/m1/s1. The Bertz CT molecular complexity index is 1260. The van der Waals surface area contributed by atoms with Crippen LogP contribution in [0.25, 0.3) is 22.3 Å². The highest BCUT2D eigenvalue weighted by Crippen LogP contribution is 2.45. The Morgan fingerprint density at radius 1 is 0.788 bits per heavy atom. The van der Waals surface area contributed by atoms with E-state index in [0.29, 0.717) is 0 Å². The van der Waals surface area contributed by atoms with E-state index in [4.69, 9.17) is 9.15 Å². The topological polar surface area (TPSA) is 222 Å². The monoisotopic (exact) mass is 464 g/mol. The van der Waals surface area contributed by atoms with Gasteiger partial charge in [-0.2, -0.15) is 0 Å². The molecule has 4 rings (SSSR count). The van der Waals surface area contributed by atoms with E-state index in [-0.39, 0.29) is 16.9 Å². The second kappa shape index (κ2) is 8.10. The summed E-state index contributed by atoms with van der Waals surface area (Å²) < 4.78 is 10.9. The van der Waals surface area contributed by atoms with Gasteiger partial charge in [0.2, 0.25) is 0 Å². The SMILES string of the molecule is O=c1cc(-c2cc(O)c(O)c(O)c2)oc2cc(O)c([C@@H]3O[C@H](CO)[C@@H](O)[C@H](O)[C@@H]3O)c(O)c12. The van der Waals surface area contributed by atoms with Crippen LogP contribution in [0.5, 0.6) is 28.7 Å². The van der Waals surface area contributed by atoms with Crippen molar-refractivity contribution in [2.75, 3.05) is 6.61 Å². The Morgan fingerprint density at radius 3 is 2.03 bits per heavy atom. The van der Waals surface area contributed by atoms with Gasteiger partial charge in [0.25, 0.3) is 0 Å². The van der Waals surface area contributed by atoms with Crippen molar-refractivity contribution in [3.05, 3.63) is 40.1 Å². The summed E-state index contributed by atoms with van der Waals surface area (Å²) in [5.74, 6) is -3.85. The van der Waals surface area contributed by atoms with Crippen LogP contribution in [0.1, 0.15) is 11.7 Å². The molecule has 0 amide bonds. The normalized spacial score (nSPS) is 25.4. The Hall–Kier alpha value is -3.55. The van der Waals surface area contributed by atoms with Gasteiger partial charge in [0.05, 0.1) is 12.2 Å². The number of phenolic OH excluding ortho intramolecular Hbond substituents is 5. The van der Waals surface area contributed by atoms with Crippen LogP contribution in [0, 0.1) is 0 Å². The average molecular weight is 464 g/mol. The predicted molar refractivity (Wildman–Crippen MR) is 109 cm³/mol. The van der Waals surface area contributed by atoms with Gasteiger partial charge in [-0.3, -0.25) is 4.79 Å². The van der Waals surface area contributed by atoms with Crippen LogP contribution < -0.4 is 5.43 Å². The molecule has 12 heteroatoms. The zero-order valence-electron chi connectivity index (χ0n) is 16.7. The number of aromatic hydroxyl groups is 5. The van der Waals surface area contributed by atoms with E-state index in [2.05, 4.69) is 0 Å².